The van der Waals surface area contributed by atoms with Gasteiger partial charge in [0.15, 0.2) is 0 Å². The number of esters is 4. The SMILES string of the molecule is C.C.CC.CCC1CC(=O)OC1=O.CC[C@@H](C)C(C)=O.CC[C@@H]1CC(=O)OC1=O.CC[C@H](C)C(=O)O. The fourth-order valence-corrected chi connectivity index (χ4v) is 2.13. The van der Waals surface area contributed by atoms with Crippen LogP contribution in [0.15, 0.2) is 0 Å². The molecule has 0 bridgehead atoms. The minimum atomic E-state index is -0.706. The molecule has 1 N–H and O–H groups in total. The summed E-state index contributed by atoms with van der Waals surface area (Å²) in [6.07, 6.45) is 3.63. The molecule has 9 nitrogen and oxygen atoms in total. The number of rotatable bonds is 6. The van der Waals surface area contributed by atoms with Crippen LogP contribution in [0.1, 0.15) is 116 Å². The molecule has 2 saturated heterocycles. The Kier molecular flexibility index (Phi) is 30.8. The van der Waals surface area contributed by atoms with E-state index < -0.39 is 5.97 Å². The van der Waals surface area contributed by atoms with Crippen molar-refractivity contribution in [2.75, 3.05) is 0 Å². The van der Waals surface area contributed by atoms with E-state index in [0.29, 0.717) is 18.6 Å². The number of carbonyl (C=O) groups is 6. The highest BCUT2D eigenvalue weighted by atomic mass is 16.6. The Morgan fingerprint density at radius 3 is 1.14 bits per heavy atom. The van der Waals surface area contributed by atoms with Gasteiger partial charge in [0.2, 0.25) is 0 Å². The molecule has 9 heteroatoms. The summed E-state index contributed by atoms with van der Waals surface area (Å²) in [6.45, 7) is 16.9. The predicted molar refractivity (Wildman–Crippen MR) is 141 cm³/mol. The van der Waals surface area contributed by atoms with E-state index in [1.54, 1.807) is 13.8 Å². The van der Waals surface area contributed by atoms with E-state index in [1.165, 1.54) is 0 Å². The maximum Gasteiger partial charge on any atom is 0.317 e. The number of hydrogen-bond donors (Lipinski definition) is 1. The van der Waals surface area contributed by atoms with E-state index in [9.17, 15) is 28.8 Å². The Hall–Kier alpha value is -2.58. The Balaban J connectivity index is -0.000000115. The van der Waals surface area contributed by atoms with Crippen molar-refractivity contribution in [3.05, 3.63) is 0 Å². The highest BCUT2D eigenvalue weighted by Crippen LogP contribution is 2.18. The number of carboxylic acids is 1. The number of carboxylic acid groups (broad SMARTS) is 1. The first kappa shape index (κ1) is 43.5. The Labute approximate surface area is 218 Å². The van der Waals surface area contributed by atoms with Crippen LogP contribution in [-0.4, -0.2) is 40.7 Å². The number of carbonyl (C=O) groups excluding carboxylic acids is 5. The first-order valence-electron chi connectivity index (χ1n) is 12.1. The van der Waals surface area contributed by atoms with E-state index in [1.807, 2.05) is 48.5 Å². The number of hydrogen-bond acceptors (Lipinski definition) is 8. The third-order valence-electron chi connectivity index (χ3n) is 5.25. The van der Waals surface area contributed by atoms with Crippen molar-refractivity contribution in [1.82, 2.24) is 0 Å². The second-order valence-corrected chi connectivity index (χ2v) is 7.77. The third kappa shape index (κ3) is 20.8. The topological polar surface area (TPSA) is 141 Å². The molecule has 1 unspecified atom stereocenters. The van der Waals surface area contributed by atoms with Gasteiger partial charge in [-0.25, -0.2) is 0 Å². The normalized spacial score (nSPS) is 18.7. The van der Waals surface area contributed by atoms with Crippen LogP contribution in [0.25, 0.3) is 0 Å². The Morgan fingerprint density at radius 1 is 0.778 bits per heavy atom. The van der Waals surface area contributed by atoms with Crippen molar-refractivity contribution in [3.8, 4) is 0 Å². The molecule has 0 spiro atoms. The van der Waals surface area contributed by atoms with Gasteiger partial charge in [-0.15, -0.1) is 0 Å². The fourth-order valence-electron chi connectivity index (χ4n) is 2.13. The van der Waals surface area contributed by atoms with E-state index in [0.717, 1.165) is 12.8 Å². The highest BCUT2D eigenvalue weighted by Gasteiger charge is 2.32. The van der Waals surface area contributed by atoms with Crippen molar-refractivity contribution in [2.45, 2.75) is 116 Å². The van der Waals surface area contributed by atoms with E-state index in [2.05, 4.69) is 9.47 Å². The lowest BCUT2D eigenvalue weighted by atomic mass is 10.1. The van der Waals surface area contributed by atoms with Crippen molar-refractivity contribution >= 4 is 35.6 Å². The van der Waals surface area contributed by atoms with Crippen molar-refractivity contribution < 1.29 is 43.3 Å². The molecule has 0 aromatic rings. The van der Waals surface area contributed by atoms with Gasteiger partial charge in [-0.2, -0.15) is 0 Å². The lowest BCUT2D eigenvalue weighted by Crippen LogP contribution is -2.06. The largest absolute Gasteiger partial charge is 0.481 e. The molecular formula is C27H52O9. The molecule has 2 heterocycles. The average molecular weight is 521 g/mol. The van der Waals surface area contributed by atoms with E-state index in [4.69, 9.17) is 5.11 Å². The van der Waals surface area contributed by atoms with Crippen LogP contribution in [0, 0.1) is 23.7 Å². The Bertz CT molecular complexity index is 600. The van der Waals surface area contributed by atoms with Crippen LogP contribution < -0.4 is 0 Å². The molecule has 2 aliphatic rings. The summed E-state index contributed by atoms with van der Waals surface area (Å²) in [4.78, 5) is 62.2. The van der Waals surface area contributed by atoms with Crippen LogP contribution >= 0.6 is 0 Å². The highest BCUT2D eigenvalue weighted by molar-refractivity contribution is 5.95. The van der Waals surface area contributed by atoms with Crippen LogP contribution in [0.2, 0.25) is 0 Å². The number of Topliss-reactive ketones (excluding diaryl/α,β-unsaturated/α-hetero) is 1. The zero-order valence-electron chi connectivity index (χ0n) is 22.3. The second-order valence-electron chi connectivity index (χ2n) is 7.77. The van der Waals surface area contributed by atoms with Gasteiger partial charge in [0.25, 0.3) is 0 Å². The van der Waals surface area contributed by atoms with E-state index >= 15 is 0 Å². The van der Waals surface area contributed by atoms with Crippen LogP contribution in [0.3, 0.4) is 0 Å². The van der Waals surface area contributed by atoms with Gasteiger partial charge in [-0.3, -0.25) is 28.8 Å². The maximum atomic E-state index is 10.6. The van der Waals surface area contributed by atoms with Gasteiger partial charge in [0.05, 0.1) is 30.6 Å². The number of ketones is 1. The van der Waals surface area contributed by atoms with Crippen LogP contribution in [-0.2, 0) is 38.2 Å². The molecule has 0 aromatic heterocycles. The minimum absolute atomic E-state index is 0. The zero-order chi connectivity index (χ0) is 27.4. The summed E-state index contributed by atoms with van der Waals surface area (Å²) in [5, 5.41) is 8.18. The third-order valence-corrected chi connectivity index (χ3v) is 5.25. The molecule has 2 rings (SSSR count). The van der Waals surface area contributed by atoms with Gasteiger partial charge in [-0.1, -0.05) is 70.2 Å². The second kappa shape index (κ2) is 25.5. The molecule has 214 valence electrons. The molecule has 2 aliphatic heterocycles. The molecule has 2 fully saturated rings. The lowest BCUT2D eigenvalue weighted by molar-refractivity contribution is -0.154. The first-order chi connectivity index (χ1) is 15.8. The standard InChI is InChI=1S/2C6H8O3.C6H12O.C5H10O2.C2H6.2CH4/c2*1-2-4-3-5(7)9-6(4)8;1-4-5(2)6(3)7;1-3-4(2)5(6)7;1-2;;/h2*4H,2-3H2,1H3;5H,4H2,1-3H3;4H,3H2,1-2H3,(H,6,7);1-2H3;2*1H4/t4-;;5-;4-;;;/m1.10.../s1. The summed E-state index contributed by atoms with van der Waals surface area (Å²) in [5.41, 5.74) is 0. The zero-order valence-corrected chi connectivity index (χ0v) is 22.3. The average Bonchev–Trinajstić information content (AvgIpc) is 3.32. The predicted octanol–water partition coefficient (Wildman–Crippen LogP) is 6.01. The molecule has 0 aliphatic carbocycles. The summed E-state index contributed by atoms with van der Waals surface area (Å²) >= 11 is 0. The monoisotopic (exact) mass is 520 g/mol. The molecule has 0 amide bonds. The van der Waals surface area contributed by atoms with Gasteiger partial charge >= 0.3 is 29.8 Å². The van der Waals surface area contributed by atoms with Crippen molar-refractivity contribution in [2.24, 2.45) is 23.7 Å². The fraction of sp³-hybridized carbons (Fsp3) is 0.778. The van der Waals surface area contributed by atoms with Gasteiger partial charge in [-0.05, 0) is 32.6 Å². The summed E-state index contributed by atoms with van der Waals surface area (Å²) < 4.78 is 8.57. The molecule has 0 radical (unpaired) electrons. The van der Waals surface area contributed by atoms with Crippen molar-refractivity contribution in [3.63, 3.8) is 0 Å². The molecule has 0 aromatic carbocycles. The van der Waals surface area contributed by atoms with Gasteiger partial charge < -0.3 is 14.6 Å². The van der Waals surface area contributed by atoms with Crippen LogP contribution in [0.5, 0.6) is 0 Å². The molecule has 4 atom stereocenters. The van der Waals surface area contributed by atoms with Gasteiger partial charge in [0.1, 0.15) is 5.78 Å². The van der Waals surface area contributed by atoms with E-state index in [-0.39, 0.29) is 75.2 Å². The smallest absolute Gasteiger partial charge is 0.317 e. The van der Waals surface area contributed by atoms with Crippen molar-refractivity contribution in [1.29, 1.82) is 0 Å². The summed E-state index contributed by atoms with van der Waals surface area (Å²) in [6, 6.07) is 0. The molecule has 36 heavy (non-hydrogen) atoms. The first-order valence-corrected chi connectivity index (χ1v) is 12.1. The van der Waals surface area contributed by atoms with Crippen LogP contribution in [0.4, 0.5) is 0 Å². The Morgan fingerprint density at radius 2 is 1.08 bits per heavy atom. The van der Waals surface area contributed by atoms with Gasteiger partial charge in [0, 0.05) is 5.92 Å². The lowest BCUT2D eigenvalue weighted by Gasteiger charge is -1.98. The maximum absolute atomic E-state index is 10.6. The number of cyclic esters (lactones) is 4. The number of aliphatic carboxylic acids is 1. The summed E-state index contributed by atoms with van der Waals surface area (Å²) in [7, 11) is 0. The molecule has 0 saturated carbocycles. The quantitative estimate of drug-likeness (QED) is 0.329. The molecular weight excluding hydrogens is 468 g/mol. The summed E-state index contributed by atoms with van der Waals surface area (Å²) in [5.74, 6) is -2.15. The minimum Gasteiger partial charge on any atom is -0.481 e. The number of ether oxygens (including phenoxy) is 2.